The van der Waals surface area contributed by atoms with E-state index in [1.807, 2.05) is 13.2 Å². The van der Waals surface area contributed by atoms with Crippen LogP contribution in [0.5, 0.6) is 0 Å². The highest BCUT2D eigenvalue weighted by Gasteiger charge is 2.21. The van der Waals surface area contributed by atoms with E-state index in [4.69, 9.17) is 9.47 Å². The summed E-state index contributed by atoms with van der Waals surface area (Å²) in [6, 6.07) is 0.0849. The molecule has 1 aromatic heterocycles. The lowest BCUT2D eigenvalue weighted by atomic mass is 10.1. The van der Waals surface area contributed by atoms with E-state index in [2.05, 4.69) is 22.6 Å². The third-order valence-electron chi connectivity index (χ3n) is 2.53. The third kappa shape index (κ3) is 4.41. The summed E-state index contributed by atoms with van der Waals surface area (Å²) >= 11 is 0. The van der Waals surface area contributed by atoms with Crippen molar-refractivity contribution in [3.05, 3.63) is 11.9 Å². The highest BCUT2D eigenvalue weighted by molar-refractivity contribution is 4.96. The molecule has 1 atom stereocenters. The minimum atomic E-state index is -0.274. The summed E-state index contributed by atoms with van der Waals surface area (Å²) < 4.78 is 12.3. The summed E-state index contributed by atoms with van der Waals surface area (Å²) in [7, 11) is 5.14. The molecule has 1 aromatic rings. The first-order valence-corrected chi connectivity index (χ1v) is 5.85. The first kappa shape index (κ1) is 14.1. The minimum Gasteiger partial charge on any atom is -0.354 e. The van der Waals surface area contributed by atoms with Crippen LogP contribution in [0.4, 0.5) is 0 Å². The average molecular weight is 242 g/mol. The van der Waals surface area contributed by atoms with E-state index in [1.54, 1.807) is 18.9 Å². The van der Waals surface area contributed by atoms with E-state index >= 15 is 0 Å². The van der Waals surface area contributed by atoms with Crippen LogP contribution in [-0.2, 0) is 22.9 Å². The van der Waals surface area contributed by atoms with Crippen LogP contribution in [0.3, 0.4) is 0 Å². The number of nitrogens with zero attached hydrogens (tertiary/aromatic N) is 3. The number of hydrogen-bond donors (Lipinski definition) is 1. The highest BCUT2D eigenvalue weighted by Crippen LogP contribution is 2.06. The fraction of sp³-hybridized carbons (Fsp3) is 0.818. The van der Waals surface area contributed by atoms with Gasteiger partial charge in [0.1, 0.15) is 0 Å². The number of methoxy groups -OCH3 is 2. The first-order valence-electron chi connectivity index (χ1n) is 5.85. The van der Waals surface area contributed by atoms with Gasteiger partial charge in [-0.3, -0.25) is 4.68 Å². The lowest BCUT2D eigenvalue weighted by molar-refractivity contribution is -0.122. The van der Waals surface area contributed by atoms with E-state index in [9.17, 15) is 0 Å². The monoisotopic (exact) mass is 242 g/mol. The molecule has 0 amide bonds. The quantitative estimate of drug-likeness (QED) is 0.666. The van der Waals surface area contributed by atoms with Crippen molar-refractivity contribution in [2.45, 2.75) is 32.1 Å². The standard InChI is InChI=1S/C11H22N4O2/c1-5-6-12-10(11(16-3)17-4)7-9-8-15(2)14-13-9/h8,10-12H,5-7H2,1-4H3. The highest BCUT2D eigenvalue weighted by atomic mass is 16.7. The van der Waals surface area contributed by atoms with Gasteiger partial charge in [-0.25, -0.2) is 0 Å². The van der Waals surface area contributed by atoms with E-state index in [0.717, 1.165) is 25.1 Å². The Bertz CT molecular complexity index is 312. The van der Waals surface area contributed by atoms with Crippen molar-refractivity contribution in [3.8, 4) is 0 Å². The molecule has 0 fully saturated rings. The van der Waals surface area contributed by atoms with Crippen LogP contribution in [0.2, 0.25) is 0 Å². The molecule has 0 radical (unpaired) electrons. The Morgan fingerprint density at radius 3 is 2.59 bits per heavy atom. The maximum absolute atomic E-state index is 5.30. The van der Waals surface area contributed by atoms with Gasteiger partial charge in [0.05, 0.1) is 11.7 Å². The van der Waals surface area contributed by atoms with Crippen LogP contribution in [0.25, 0.3) is 0 Å². The van der Waals surface area contributed by atoms with Gasteiger partial charge in [-0.1, -0.05) is 12.1 Å². The summed E-state index contributed by atoms with van der Waals surface area (Å²) in [6.45, 7) is 3.05. The molecule has 0 bridgehead atoms. The van der Waals surface area contributed by atoms with Gasteiger partial charge < -0.3 is 14.8 Å². The molecular weight excluding hydrogens is 220 g/mol. The molecule has 0 aliphatic carbocycles. The summed E-state index contributed by atoms with van der Waals surface area (Å²) in [5, 5.41) is 11.4. The van der Waals surface area contributed by atoms with Crippen LogP contribution < -0.4 is 5.32 Å². The smallest absolute Gasteiger partial charge is 0.172 e. The second-order valence-electron chi connectivity index (χ2n) is 3.99. The van der Waals surface area contributed by atoms with Crippen LogP contribution in [0.1, 0.15) is 19.0 Å². The van der Waals surface area contributed by atoms with Gasteiger partial charge in [0, 0.05) is 33.9 Å². The Hall–Kier alpha value is -0.980. The number of hydrogen-bond acceptors (Lipinski definition) is 5. The van der Waals surface area contributed by atoms with Gasteiger partial charge in [-0.05, 0) is 13.0 Å². The van der Waals surface area contributed by atoms with Crippen molar-refractivity contribution in [2.24, 2.45) is 7.05 Å². The molecule has 1 unspecified atom stereocenters. The summed E-state index contributed by atoms with van der Waals surface area (Å²) in [6.07, 6.45) is 3.43. The predicted molar refractivity (Wildman–Crippen MR) is 64.6 cm³/mol. The van der Waals surface area contributed by atoms with Crippen LogP contribution in [0, 0.1) is 0 Å². The fourth-order valence-corrected chi connectivity index (χ4v) is 1.73. The molecule has 1 heterocycles. The summed E-state index contributed by atoms with van der Waals surface area (Å²) in [5.41, 5.74) is 0.931. The lowest BCUT2D eigenvalue weighted by Crippen LogP contribution is -2.44. The Morgan fingerprint density at radius 1 is 1.41 bits per heavy atom. The molecule has 1 N–H and O–H groups in total. The Morgan fingerprint density at radius 2 is 2.12 bits per heavy atom. The number of aromatic nitrogens is 3. The Kier molecular flexibility index (Phi) is 6.10. The normalized spacial score (nSPS) is 13.2. The molecule has 0 spiro atoms. The van der Waals surface area contributed by atoms with Crippen LogP contribution in [-0.4, -0.2) is 48.1 Å². The average Bonchev–Trinajstić information content (AvgIpc) is 2.73. The van der Waals surface area contributed by atoms with Crippen molar-refractivity contribution < 1.29 is 9.47 Å². The molecular formula is C11H22N4O2. The Balaban J connectivity index is 2.61. The van der Waals surface area contributed by atoms with Gasteiger partial charge in [-0.15, -0.1) is 5.10 Å². The topological polar surface area (TPSA) is 61.2 Å². The minimum absolute atomic E-state index is 0.0849. The first-order chi connectivity index (χ1) is 8.21. The van der Waals surface area contributed by atoms with Crippen LogP contribution >= 0.6 is 0 Å². The molecule has 98 valence electrons. The van der Waals surface area contributed by atoms with E-state index in [0.29, 0.717) is 0 Å². The molecule has 0 aliphatic rings. The second kappa shape index (κ2) is 7.37. The van der Waals surface area contributed by atoms with Crippen molar-refractivity contribution in [1.82, 2.24) is 20.3 Å². The number of nitrogens with one attached hydrogen (secondary N) is 1. The van der Waals surface area contributed by atoms with E-state index in [1.165, 1.54) is 0 Å². The van der Waals surface area contributed by atoms with Crippen molar-refractivity contribution in [3.63, 3.8) is 0 Å². The van der Waals surface area contributed by atoms with E-state index < -0.39 is 0 Å². The van der Waals surface area contributed by atoms with Gasteiger partial charge in [-0.2, -0.15) is 0 Å². The Labute approximate surface area is 102 Å². The zero-order chi connectivity index (χ0) is 12.7. The summed E-state index contributed by atoms with van der Waals surface area (Å²) in [4.78, 5) is 0. The van der Waals surface area contributed by atoms with Gasteiger partial charge in [0.25, 0.3) is 0 Å². The van der Waals surface area contributed by atoms with Crippen molar-refractivity contribution in [1.29, 1.82) is 0 Å². The van der Waals surface area contributed by atoms with Crippen molar-refractivity contribution >= 4 is 0 Å². The maximum Gasteiger partial charge on any atom is 0.172 e. The summed E-state index contributed by atoms with van der Waals surface area (Å²) in [5.74, 6) is 0. The largest absolute Gasteiger partial charge is 0.354 e. The van der Waals surface area contributed by atoms with Gasteiger partial charge in [0.2, 0.25) is 0 Å². The molecule has 0 saturated heterocycles. The molecule has 0 aliphatic heterocycles. The zero-order valence-corrected chi connectivity index (χ0v) is 11.0. The van der Waals surface area contributed by atoms with E-state index in [-0.39, 0.29) is 12.3 Å². The maximum atomic E-state index is 5.30. The number of ether oxygens (including phenoxy) is 2. The zero-order valence-electron chi connectivity index (χ0n) is 11.0. The molecule has 1 rings (SSSR count). The molecule has 17 heavy (non-hydrogen) atoms. The van der Waals surface area contributed by atoms with Crippen molar-refractivity contribution in [2.75, 3.05) is 20.8 Å². The third-order valence-corrected chi connectivity index (χ3v) is 2.53. The lowest BCUT2D eigenvalue weighted by Gasteiger charge is -2.25. The number of aryl methyl sites for hydroxylation is 1. The molecule has 0 aromatic carbocycles. The van der Waals surface area contributed by atoms with Crippen LogP contribution in [0.15, 0.2) is 6.20 Å². The second-order valence-corrected chi connectivity index (χ2v) is 3.99. The molecule has 0 saturated carbocycles. The SMILES string of the molecule is CCCNC(Cc1cn(C)nn1)C(OC)OC. The molecule has 6 heteroatoms. The van der Waals surface area contributed by atoms with Gasteiger partial charge in [0.15, 0.2) is 6.29 Å². The number of rotatable bonds is 8. The van der Waals surface area contributed by atoms with Gasteiger partial charge >= 0.3 is 0 Å². The fourth-order valence-electron chi connectivity index (χ4n) is 1.73. The molecule has 6 nitrogen and oxygen atoms in total. The predicted octanol–water partition coefficient (Wildman–Crippen LogP) is 0.345.